The van der Waals surface area contributed by atoms with Crippen LogP contribution in [-0.4, -0.2) is 10.7 Å². The van der Waals surface area contributed by atoms with Crippen molar-refractivity contribution in [1.29, 1.82) is 0 Å². The minimum atomic E-state index is -3.33. The van der Waals surface area contributed by atoms with Gasteiger partial charge in [-0.15, -0.1) is 0 Å². The molecule has 0 amide bonds. The molecule has 0 unspecified atom stereocenters. The van der Waals surface area contributed by atoms with E-state index in [9.17, 15) is 6.48 Å². The van der Waals surface area contributed by atoms with Crippen LogP contribution in [0.2, 0.25) is 0 Å². The van der Waals surface area contributed by atoms with Crippen LogP contribution in [0.25, 0.3) is 0 Å². The van der Waals surface area contributed by atoms with Crippen molar-refractivity contribution in [3.8, 4) is 11.5 Å². The van der Waals surface area contributed by atoms with Gasteiger partial charge < -0.3 is 9.84 Å². The predicted molar refractivity (Wildman–Crippen MR) is 95.3 cm³/mol. The van der Waals surface area contributed by atoms with Gasteiger partial charge in [0.2, 0.25) is 0 Å². The third-order valence-corrected chi connectivity index (χ3v) is 4.40. The summed E-state index contributed by atoms with van der Waals surface area (Å²) in [5.74, 6) is -5.22. The monoisotopic (exact) mass is 325 g/mol. The van der Waals surface area contributed by atoms with Crippen LogP contribution in [0.15, 0.2) is 23.7 Å². The molecule has 0 saturated carbocycles. The number of fused-ring (bicyclic) bond motifs is 3. The van der Waals surface area contributed by atoms with E-state index in [1.54, 1.807) is 0 Å². The summed E-state index contributed by atoms with van der Waals surface area (Å²) in [6.07, 6.45) is 0.783. The maximum absolute atomic E-state index is 11.0. The Morgan fingerprint density at radius 2 is 2.30 bits per heavy atom. The van der Waals surface area contributed by atoms with Crippen molar-refractivity contribution in [2.24, 2.45) is 5.92 Å². The smallest absolute Gasteiger partial charge is 0.127 e. The number of phenols is 1. The Balaban J connectivity index is 2.46. The van der Waals surface area contributed by atoms with Gasteiger partial charge in [-0.2, -0.15) is 0 Å². The number of rotatable bonds is 4. The molecule has 1 aliphatic heterocycles. The normalized spacial score (nSPS) is 38.6. The fourth-order valence-corrected chi connectivity index (χ4v) is 3.16. The fraction of sp³-hybridized carbons (Fsp3) is 0.619. The molecule has 2 nitrogen and oxygen atoms in total. The molecule has 0 spiro atoms. The molecule has 0 fully saturated rings. The van der Waals surface area contributed by atoms with Gasteiger partial charge in [0.1, 0.15) is 17.1 Å². The van der Waals surface area contributed by atoms with Crippen LogP contribution < -0.4 is 4.74 Å². The highest BCUT2D eigenvalue weighted by atomic mass is 16.5. The first kappa shape index (κ1) is 7.63. The molecule has 1 aromatic rings. The minimum Gasteiger partial charge on any atom is -0.507 e. The molecular formula is C21H30O2. The van der Waals surface area contributed by atoms with Gasteiger partial charge in [-0.3, -0.25) is 0 Å². The standard InChI is InChI=1S/C21H30O2/c1-5-6-7-8-15-12-18(22)20-16-11-14(2)9-10-17(16)21(3,4)23-19(20)13-15/h11-13,16-17,22H,5-10H2,1-4H3/t16-,17-/m1/s1/i3D3,4D3,9D2,12D,13D,16D. The summed E-state index contributed by atoms with van der Waals surface area (Å²) in [6.45, 7) is -3.27. The summed E-state index contributed by atoms with van der Waals surface area (Å²) in [7, 11) is 0. The van der Waals surface area contributed by atoms with E-state index in [1.165, 1.54) is 6.92 Å². The molecule has 23 heavy (non-hydrogen) atoms. The Kier molecular flexibility index (Phi) is 2.06. The van der Waals surface area contributed by atoms with Crippen LogP contribution in [0.5, 0.6) is 11.5 Å². The average molecular weight is 326 g/mol. The summed E-state index contributed by atoms with van der Waals surface area (Å²) in [6, 6.07) is -0.805. The first-order valence-corrected chi connectivity index (χ1v) is 8.11. The van der Waals surface area contributed by atoms with Gasteiger partial charge in [-0.25, -0.2) is 0 Å². The summed E-state index contributed by atoms with van der Waals surface area (Å²) < 4.78 is 97.9. The Labute approximate surface area is 156 Å². The number of unbranched alkanes of at least 4 members (excludes halogenated alkanes) is 2. The van der Waals surface area contributed by atoms with Crippen LogP contribution >= 0.6 is 0 Å². The molecule has 126 valence electrons. The highest BCUT2D eigenvalue weighted by Crippen LogP contribution is 2.53. The lowest BCUT2D eigenvalue weighted by atomic mass is 9.68. The second-order valence-electron chi connectivity index (χ2n) is 6.29. The lowest BCUT2D eigenvalue weighted by Crippen LogP contribution is -2.45. The third kappa shape index (κ3) is 3.13. The van der Waals surface area contributed by atoms with Crippen LogP contribution in [0, 0.1) is 5.92 Å². The first-order valence-electron chi connectivity index (χ1n) is 13.6. The predicted octanol–water partition coefficient (Wildman–Crippen LogP) is 5.74. The maximum atomic E-state index is 11.0. The van der Waals surface area contributed by atoms with Crippen LogP contribution in [0.3, 0.4) is 0 Å². The number of allylic oxidation sites excluding steroid dienone is 2. The highest BCUT2D eigenvalue weighted by molar-refractivity contribution is 5.53. The van der Waals surface area contributed by atoms with E-state index < -0.39 is 61.5 Å². The summed E-state index contributed by atoms with van der Waals surface area (Å²) in [4.78, 5) is 0. The number of aromatic hydroxyl groups is 1. The molecule has 0 aromatic heterocycles. The molecule has 0 radical (unpaired) electrons. The van der Waals surface area contributed by atoms with E-state index in [4.69, 9.17) is 18.4 Å². The van der Waals surface area contributed by atoms with Crippen molar-refractivity contribution >= 4 is 0 Å². The van der Waals surface area contributed by atoms with Crippen LogP contribution in [0.1, 0.15) is 91.7 Å². The molecule has 0 bridgehead atoms. The molecule has 1 heterocycles. The van der Waals surface area contributed by atoms with Crippen molar-refractivity contribution < 1.29 is 24.9 Å². The summed E-state index contributed by atoms with van der Waals surface area (Å²) >= 11 is 0. The van der Waals surface area contributed by atoms with Crippen molar-refractivity contribution in [1.82, 2.24) is 0 Å². The highest BCUT2D eigenvalue weighted by Gasteiger charge is 2.45. The van der Waals surface area contributed by atoms with Crippen molar-refractivity contribution in [3.05, 3.63) is 34.9 Å². The number of ether oxygens (including phenoxy) is 1. The topological polar surface area (TPSA) is 29.5 Å². The zero-order chi connectivity index (χ0) is 26.1. The molecule has 2 aliphatic rings. The van der Waals surface area contributed by atoms with Crippen molar-refractivity contribution in [3.63, 3.8) is 0 Å². The van der Waals surface area contributed by atoms with Gasteiger partial charge in [-0.1, -0.05) is 31.4 Å². The molecule has 1 N–H and O–H groups in total. The maximum Gasteiger partial charge on any atom is 0.127 e. The van der Waals surface area contributed by atoms with E-state index >= 15 is 0 Å². The van der Waals surface area contributed by atoms with Gasteiger partial charge in [0.05, 0.1) is 2.74 Å². The van der Waals surface area contributed by atoms with Crippen LogP contribution in [0.4, 0.5) is 0 Å². The Hall–Kier alpha value is -1.44. The number of benzene rings is 1. The Morgan fingerprint density at radius 3 is 3.04 bits per heavy atom. The van der Waals surface area contributed by atoms with Gasteiger partial charge in [0, 0.05) is 29.7 Å². The molecular weight excluding hydrogens is 284 g/mol. The summed E-state index contributed by atoms with van der Waals surface area (Å²) in [5, 5.41) is 11.0. The lowest BCUT2D eigenvalue weighted by Gasteiger charge is -2.46. The molecule has 3 rings (SSSR count). The van der Waals surface area contributed by atoms with E-state index in [-0.39, 0.29) is 29.2 Å². The zero-order valence-electron chi connectivity index (χ0n) is 24.5. The van der Waals surface area contributed by atoms with E-state index in [0.29, 0.717) is 6.42 Å². The molecule has 1 aliphatic carbocycles. The van der Waals surface area contributed by atoms with Crippen molar-refractivity contribution in [2.45, 2.75) is 77.5 Å². The Bertz CT molecular complexity index is 996. The second kappa shape index (κ2) is 6.22. The van der Waals surface area contributed by atoms with Crippen LogP contribution in [-0.2, 0) is 6.42 Å². The van der Waals surface area contributed by atoms with Crippen molar-refractivity contribution in [2.75, 3.05) is 0 Å². The molecule has 0 saturated heterocycles. The largest absolute Gasteiger partial charge is 0.507 e. The van der Waals surface area contributed by atoms with E-state index in [0.717, 1.165) is 18.9 Å². The van der Waals surface area contributed by atoms with Gasteiger partial charge in [0.15, 0.2) is 0 Å². The molecule has 2 heteroatoms. The second-order valence-corrected chi connectivity index (χ2v) is 6.29. The zero-order valence-corrected chi connectivity index (χ0v) is 13.5. The van der Waals surface area contributed by atoms with E-state index in [1.807, 2.05) is 6.92 Å². The molecule has 2 atom stereocenters. The van der Waals surface area contributed by atoms with Gasteiger partial charge in [-0.05, 0) is 63.9 Å². The van der Waals surface area contributed by atoms with Gasteiger partial charge in [0.25, 0.3) is 0 Å². The quantitative estimate of drug-likeness (QED) is 0.565. The lowest BCUT2D eigenvalue weighted by molar-refractivity contribution is 0.0107. The SMILES string of the molecule is [2H]c1c(O)c2c(c([2H])c1CCCCC)OC(C([2H])([2H])[2H])(C([2H])([2H])[2H])[C@@H]1CC([2H])([2H])C(C)=C[C@@]21[2H]. The number of hydrogen-bond acceptors (Lipinski definition) is 2. The minimum absolute atomic E-state index is 0.0704. The number of phenolic OH excluding ortho intramolecular Hbond substituents is 1. The summed E-state index contributed by atoms with van der Waals surface area (Å²) in [5.41, 5.74) is -3.21. The average Bonchev–Trinajstić information content (AvgIpc) is 2.67. The third-order valence-electron chi connectivity index (χ3n) is 4.40. The fourth-order valence-electron chi connectivity index (χ4n) is 3.16. The molecule has 1 aromatic carbocycles. The number of hydrogen-bond donors (Lipinski definition) is 1. The van der Waals surface area contributed by atoms with E-state index in [2.05, 4.69) is 0 Å². The van der Waals surface area contributed by atoms with Gasteiger partial charge >= 0.3 is 0 Å². The first-order chi connectivity index (χ1) is 15.4. The Morgan fingerprint density at radius 1 is 1.48 bits per heavy atom.